The van der Waals surface area contributed by atoms with Crippen LogP contribution < -0.4 is 5.32 Å². The third-order valence-corrected chi connectivity index (χ3v) is 11.7. The number of allylic oxidation sites excluding steroid dienone is 3. The number of carbonyl (C=O) groups excluding carboxylic acids is 1. The second-order valence-corrected chi connectivity index (χ2v) is 17.4. The van der Waals surface area contributed by atoms with Crippen LogP contribution in [0.1, 0.15) is 271 Å². The highest BCUT2D eigenvalue weighted by molar-refractivity contribution is 5.76. The fourth-order valence-corrected chi connectivity index (χ4v) is 7.87. The van der Waals surface area contributed by atoms with Crippen molar-refractivity contribution in [2.24, 2.45) is 0 Å². The van der Waals surface area contributed by atoms with Gasteiger partial charge in [0.15, 0.2) is 0 Å². The topological polar surface area (TPSA) is 89.8 Å². The SMILES string of the molecule is CCCCCCCCCC/C=C\CCCCCCCC(O)CC(=O)NC(CO)C(O)/C=C/CCCCCCCCCCCCCCCCCCCCCCCC. The maximum Gasteiger partial charge on any atom is 0.222 e. The molecule has 0 spiro atoms. The van der Waals surface area contributed by atoms with Gasteiger partial charge in [-0.2, -0.15) is 0 Å². The number of aliphatic hydroxyl groups is 3. The van der Waals surface area contributed by atoms with Gasteiger partial charge in [-0.15, -0.1) is 0 Å². The molecule has 0 saturated heterocycles. The first kappa shape index (κ1) is 54.8. The van der Waals surface area contributed by atoms with E-state index < -0.39 is 18.2 Å². The molecule has 0 radical (unpaired) electrons. The lowest BCUT2D eigenvalue weighted by molar-refractivity contribution is -0.124. The highest BCUT2D eigenvalue weighted by Gasteiger charge is 2.20. The van der Waals surface area contributed by atoms with E-state index in [0.29, 0.717) is 6.42 Å². The van der Waals surface area contributed by atoms with E-state index in [9.17, 15) is 20.1 Å². The lowest BCUT2D eigenvalue weighted by atomic mass is 10.0. The molecule has 0 heterocycles. The fourth-order valence-electron chi connectivity index (χ4n) is 7.87. The third kappa shape index (κ3) is 42.4. The van der Waals surface area contributed by atoms with Crippen molar-refractivity contribution in [2.75, 3.05) is 6.61 Å². The van der Waals surface area contributed by atoms with E-state index in [-0.39, 0.29) is 18.9 Å². The lowest BCUT2D eigenvalue weighted by Gasteiger charge is -2.21. The summed E-state index contributed by atoms with van der Waals surface area (Å²) in [5, 5.41) is 33.3. The fraction of sp³-hybridized carbons (Fsp3) is 0.902. The molecule has 0 aromatic rings. The van der Waals surface area contributed by atoms with E-state index in [1.807, 2.05) is 6.08 Å². The molecule has 3 unspecified atom stereocenters. The highest BCUT2D eigenvalue weighted by Crippen LogP contribution is 2.17. The average molecular weight is 790 g/mol. The number of rotatable bonds is 46. The maximum absolute atomic E-state index is 12.5. The van der Waals surface area contributed by atoms with Crippen LogP contribution in [-0.4, -0.2) is 46.1 Å². The molecular formula is C51H99NO4. The van der Waals surface area contributed by atoms with E-state index in [2.05, 4.69) is 31.3 Å². The normalized spacial score (nSPS) is 13.6. The predicted molar refractivity (Wildman–Crippen MR) is 245 cm³/mol. The number of carbonyl (C=O) groups is 1. The van der Waals surface area contributed by atoms with Crippen LogP contribution in [0.15, 0.2) is 24.3 Å². The van der Waals surface area contributed by atoms with Gasteiger partial charge in [0.1, 0.15) is 0 Å². The molecule has 56 heavy (non-hydrogen) atoms. The van der Waals surface area contributed by atoms with Gasteiger partial charge in [-0.05, 0) is 44.9 Å². The van der Waals surface area contributed by atoms with Crippen molar-refractivity contribution < 1.29 is 20.1 Å². The van der Waals surface area contributed by atoms with E-state index >= 15 is 0 Å². The Morgan fingerprint density at radius 3 is 1.09 bits per heavy atom. The minimum absolute atomic E-state index is 0.00998. The Bertz CT molecular complexity index is 829. The minimum atomic E-state index is -0.930. The van der Waals surface area contributed by atoms with Crippen molar-refractivity contribution >= 4 is 5.91 Å². The van der Waals surface area contributed by atoms with Crippen LogP contribution in [0.2, 0.25) is 0 Å². The molecule has 0 rings (SSSR count). The molecule has 0 saturated carbocycles. The Labute approximate surface area is 350 Å². The first-order chi connectivity index (χ1) is 27.5. The second kappa shape index (κ2) is 46.5. The van der Waals surface area contributed by atoms with E-state index in [0.717, 1.165) is 38.5 Å². The summed E-state index contributed by atoms with van der Waals surface area (Å²) in [6.45, 7) is 4.23. The van der Waals surface area contributed by atoms with Crippen molar-refractivity contribution in [2.45, 2.75) is 289 Å². The quantitative estimate of drug-likeness (QED) is 0.0365. The number of nitrogens with one attached hydrogen (secondary N) is 1. The first-order valence-corrected chi connectivity index (χ1v) is 25.1. The van der Waals surface area contributed by atoms with Gasteiger partial charge < -0.3 is 20.6 Å². The Hall–Kier alpha value is -1.17. The van der Waals surface area contributed by atoms with Gasteiger partial charge in [-0.1, -0.05) is 244 Å². The van der Waals surface area contributed by atoms with Gasteiger partial charge >= 0.3 is 0 Å². The highest BCUT2D eigenvalue weighted by atomic mass is 16.3. The molecule has 0 aliphatic carbocycles. The van der Waals surface area contributed by atoms with Gasteiger partial charge in [-0.25, -0.2) is 0 Å². The number of unbranched alkanes of at least 4 members (excludes halogenated alkanes) is 35. The van der Waals surface area contributed by atoms with Crippen LogP contribution >= 0.6 is 0 Å². The lowest BCUT2D eigenvalue weighted by Crippen LogP contribution is -2.45. The molecule has 0 bridgehead atoms. The average Bonchev–Trinajstić information content (AvgIpc) is 3.19. The molecule has 0 aliphatic rings. The van der Waals surface area contributed by atoms with Crippen LogP contribution in [0.5, 0.6) is 0 Å². The summed E-state index contributed by atoms with van der Waals surface area (Å²) in [6.07, 6.45) is 57.7. The van der Waals surface area contributed by atoms with E-state index in [4.69, 9.17) is 0 Å². The number of amides is 1. The summed E-state index contributed by atoms with van der Waals surface area (Å²) < 4.78 is 0. The summed E-state index contributed by atoms with van der Waals surface area (Å²) in [7, 11) is 0. The van der Waals surface area contributed by atoms with Gasteiger partial charge in [0, 0.05) is 0 Å². The summed E-state index contributed by atoms with van der Waals surface area (Å²) in [4.78, 5) is 12.5. The predicted octanol–water partition coefficient (Wildman–Crippen LogP) is 14.9. The van der Waals surface area contributed by atoms with Crippen LogP contribution in [0.3, 0.4) is 0 Å². The van der Waals surface area contributed by atoms with Crippen molar-refractivity contribution in [3.63, 3.8) is 0 Å². The molecule has 3 atom stereocenters. The zero-order valence-electron chi connectivity index (χ0n) is 37.8. The van der Waals surface area contributed by atoms with Crippen LogP contribution in [0, 0.1) is 0 Å². The summed E-state index contributed by atoms with van der Waals surface area (Å²) in [5.41, 5.74) is 0. The molecule has 0 aliphatic heterocycles. The standard InChI is InChI=1S/C51H99NO4/c1-3-5-7-9-11-13-15-17-19-21-22-23-24-25-26-27-29-31-33-35-37-39-41-43-45-50(55)49(47-53)52-51(56)46-48(54)44-42-40-38-36-34-32-30-28-20-18-16-14-12-10-8-6-4-2/h28,30,43,45,48-50,53-55H,3-27,29,31-42,44,46-47H2,1-2H3,(H,52,56)/b30-28-,45-43+. The van der Waals surface area contributed by atoms with Gasteiger partial charge in [-0.3, -0.25) is 4.79 Å². The molecule has 5 heteroatoms. The number of aliphatic hydroxyl groups excluding tert-OH is 3. The van der Waals surface area contributed by atoms with Crippen LogP contribution in [-0.2, 0) is 4.79 Å². The summed E-state index contributed by atoms with van der Waals surface area (Å²) in [6, 6.07) is -0.746. The first-order valence-electron chi connectivity index (χ1n) is 25.1. The molecule has 332 valence electrons. The van der Waals surface area contributed by atoms with E-state index in [1.165, 1.54) is 205 Å². The Morgan fingerprint density at radius 2 is 0.750 bits per heavy atom. The van der Waals surface area contributed by atoms with Crippen molar-refractivity contribution in [1.29, 1.82) is 0 Å². The molecule has 0 aromatic carbocycles. The Morgan fingerprint density at radius 1 is 0.446 bits per heavy atom. The molecule has 1 amide bonds. The molecule has 5 nitrogen and oxygen atoms in total. The van der Waals surface area contributed by atoms with Gasteiger partial charge in [0.05, 0.1) is 31.3 Å². The van der Waals surface area contributed by atoms with Crippen molar-refractivity contribution in [3.8, 4) is 0 Å². The Balaban J connectivity index is 3.61. The van der Waals surface area contributed by atoms with Crippen molar-refractivity contribution in [3.05, 3.63) is 24.3 Å². The zero-order chi connectivity index (χ0) is 40.8. The maximum atomic E-state index is 12.5. The Kier molecular flexibility index (Phi) is 45.5. The summed E-state index contributed by atoms with van der Waals surface area (Å²) in [5.74, 6) is -0.317. The molecule has 0 fully saturated rings. The van der Waals surface area contributed by atoms with Crippen LogP contribution in [0.4, 0.5) is 0 Å². The monoisotopic (exact) mass is 790 g/mol. The van der Waals surface area contributed by atoms with E-state index in [1.54, 1.807) is 6.08 Å². The minimum Gasteiger partial charge on any atom is -0.394 e. The summed E-state index contributed by atoms with van der Waals surface area (Å²) >= 11 is 0. The second-order valence-electron chi connectivity index (χ2n) is 17.4. The zero-order valence-corrected chi connectivity index (χ0v) is 37.8. The smallest absolute Gasteiger partial charge is 0.222 e. The van der Waals surface area contributed by atoms with Crippen LogP contribution in [0.25, 0.3) is 0 Å². The molecule has 0 aromatic heterocycles. The molecular weight excluding hydrogens is 691 g/mol. The molecule has 4 N–H and O–H groups in total. The third-order valence-electron chi connectivity index (χ3n) is 11.7. The number of hydrogen-bond donors (Lipinski definition) is 4. The van der Waals surface area contributed by atoms with Crippen molar-refractivity contribution in [1.82, 2.24) is 5.32 Å². The largest absolute Gasteiger partial charge is 0.394 e. The van der Waals surface area contributed by atoms with Gasteiger partial charge in [0.25, 0.3) is 0 Å². The number of hydrogen-bond acceptors (Lipinski definition) is 4. The van der Waals surface area contributed by atoms with Gasteiger partial charge in [0.2, 0.25) is 5.91 Å².